The molecule has 0 atom stereocenters. The van der Waals surface area contributed by atoms with E-state index >= 15 is 0 Å². The Morgan fingerprint density at radius 3 is 2.81 bits per heavy atom. The van der Waals surface area contributed by atoms with Crippen molar-refractivity contribution in [3.63, 3.8) is 0 Å². The van der Waals surface area contributed by atoms with E-state index in [2.05, 4.69) is 17.3 Å². The highest BCUT2D eigenvalue weighted by atomic mass is 16.5. The van der Waals surface area contributed by atoms with Crippen LogP contribution in [0.2, 0.25) is 0 Å². The Labute approximate surface area is 124 Å². The van der Waals surface area contributed by atoms with Crippen LogP contribution in [0.5, 0.6) is 0 Å². The van der Waals surface area contributed by atoms with E-state index < -0.39 is 0 Å². The van der Waals surface area contributed by atoms with Crippen molar-refractivity contribution in [1.29, 1.82) is 0 Å². The van der Waals surface area contributed by atoms with Gasteiger partial charge in [-0.3, -0.25) is 4.68 Å². The van der Waals surface area contributed by atoms with E-state index in [9.17, 15) is 4.79 Å². The third-order valence-corrected chi connectivity index (χ3v) is 3.44. The number of esters is 1. The summed E-state index contributed by atoms with van der Waals surface area (Å²) in [5, 5.41) is 7.82. The first kappa shape index (κ1) is 15.1. The Morgan fingerprint density at radius 1 is 1.43 bits per heavy atom. The number of ether oxygens (including phenoxy) is 1. The van der Waals surface area contributed by atoms with Crippen LogP contribution in [0.25, 0.3) is 0 Å². The standard InChI is InChI=1S/C16H21N3O2/c1-5-14-13(10-19(3)18-14)9-17-15-7-6-12(8-11(15)2)16(20)21-4/h6-8,10,17H,5,9H2,1-4H3. The van der Waals surface area contributed by atoms with Gasteiger partial charge in [0.1, 0.15) is 0 Å². The predicted molar refractivity (Wildman–Crippen MR) is 82.4 cm³/mol. The molecule has 0 unspecified atom stereocenters. The van der Waals surface area contributed by atoms with Crippen LogP contribution in [-0.4, -0.2) is 22.9 Å². The predicted octanol–water partition coefficient (Wildman–Crippen LogP) is 2.69. The fourth-order valence-corrected chi connectivity index (χ4v) is 2.33. The lowest BCUT2D eigenvalue weighted by atomic mass is 10.1. The van der Waals surface area contributed by atoms with Gasteiger partial charge in [-0.25, -0.2) is 4.79 Å². The molecule has 0 aliphatic heterocycles. The zero-order valence-corrected chi connectivity index (χ0v) is 12.9. The van der Waals surface area contributed by atoms with Crippen LogP contribution in [0.3, 0.4) is 0 Å². The fourth-order valence-electron chi connectivity index (χ4n) is 2.33. The van der Waals surface area contributed by atoms with E-state index in [1.165, 1.54) is 12.7 Å². The highest BCUT2D eigenvalue weighted by Gasteiger charge is 2.09. The van der Waals surface area contributed by atoms with Crippen molar-refractivity contribution in [2.75, 3.05) is 12.4 Å². The van der Waals surface area contributed by atoms with Gasteiger partial charge in [0, 0.05) is 31.0 Å². The average Bonchev–Trinajstić information content (AvgIpc) is 2.85. The number of anilines is 1. The number of aromatic nitrogens is 2. The molecule has 112 valence electrons. The van der Waals surface area contributed by atoms with Gasteiger partial charge in [-0.1, -0.05) is 6.92 Å². The van der Waals surface area contributed by atoms with Crippen LogP contribution in [0.1, 0.15) is 34.1 Å². The molecular formula is C16H21N3O2. The Kier molecular flexibility index (Phi) is 4.62. The minimum Gasteiger partial charge on any atom is -0.465 e. The summed E-state index contributed by atoms with van der Waals surface area (Å²) in [6.07, 6.45) is 2.95. The Hall–Kier alpha value is -2.30. The first-order valence-corrected chi connectivity index (χ1v) is 6.99. The van der Waals surface area contributed by atoms with Gasteiger partial charge in [-0.15, -0.1) is 0 Å². The van der Waals surface area contributed by atoms with Gasteiger partial charge < -0.3 is 10.1 Å². The molecule has 1 heterocycles. The molecule has 0 fully saturated rings. The largest absolute Gasteiger partial charge is 0.465 e. The quantitative estimate of drug-likeness (QED) is 0.859. The molecule has 0 saturated carbocycles. The molecule has 0 spiro atoms. The number of nitrogens with zero attached hydrogens (tertiary/aromatic N) is 2. The molecule has 1 aromatic heterocycles. The number of nitrogens with one attached hydrogen (secondary N) is 1. The van der Waals surface area contributed by atoms with E-state index in [1.807, 2.05) is 37.0 Å². The zero-order chi connectivity index (χ0) is 15.4. The second-order valence-corrected chi connectivity index (χ2v) is 5.00. The maximum absolute atomic E-state index is 11.5. The average molecular weight is 287 g/mol. The Balaban J connectivity index is 2.11. The number of benzene rings is 1. The van der Waals surface area contributed by atoms with Crippen molar-refractivity contribution in [3.05, 3.63) is 46.8 Å². The van der Waals surface area contributed by atoms with Crippen molar-refractivity contribution in [3.8, 4) is 0 Å². The molecule has 0 amide bonds. The monoisotopic (exact) mass is 287 g/mol. The second-order valence-electron chi connectivity index (χ2n) is 5.00. The summed E-state index contributed by atoms with van der Waals surface area (Å²) in [4.78, 5) is 11.5. The molecule has 5 heteroatoms. The maximum Gasteiger partial charge on any atom is 0.337 e. The van der Waals surface area contributed by atoms with Crippen molar-refractivity contribution in [2.24, 2.45) is 7.05 Å². The highest BCUT2D eigenvalue weighted by Crippen LogP contribution is 2.19. The molecule has 0 saturated heterocycles. The minimum absolute atomic E-state index is 0.315. The number of carbonyl (C=O) groups is 1. The van der Waals surface area contributed by atoms with Crippen LogP contribution in [0.4, 0.5) is 5.69 Å². The molecule has 2 aromatic rings. The van der Waals surface area contributed by atoms with Crippen LogP contribution in [0.15, 0.2) is 24.4 Å². The second kappa shape index (κ2) is 6.43. The summed E-state index contributed by atoms with van der Waals surface area (Å²) >= 11 is 0. The fraction of sp³-hybridized carbons (Fsp3) is 0.375. The molecule has 2 rings (SSSR count). The first-order valence-electron chi connectivity index (χ1n) is 6.99. The van der Waals surface area contributed by atoms with Crippen LogP contribution >= 0.6 is 0 Å². The van der Waals surface area contributed by atoms with E-state index in [0.717, 1.165) is 29.9 Å². The van der Waals surface area contributed by atoms with Gasteiger partial charge in [-0.05, 0) is 37.1 Å². The maximum atomic E-state index is 11.5. The molecule has 1 aromatic carbocycles. The zero-order valence-electron chi connectivity index (χ0n) is 12.9. The van der Waals surface area contributed by atoms with Crippen LogP contribution < -0.4 is 5.32 Å². The van der Waals surface area contributed by atoms with E-state index in [4.69, 9.17) is 4.74 Å². The van der Waals surface area contributed by atoms with Gasteiger partial charge in [0.25, 0.3) is 0 Å². The van der Waals surface area contributed by atoms with Crippen molar-refractivity contribution in [1.82, 2.24) is 9.78 Å². The van der Waals surface area contributed by atoms with E-state index in [0.29, 0.717) is 5.56 Å². The molecule has 0 bridgehead atoms. The van der Waals surface area contributed by atoms with Gasteiger partial charge >= 0.3 is 5.97 Å². The number of rotatable bonds is 5. The normalized spacial score (nSPS) is 10.5. The van der Waals surface area contributed by atoms with Gasteiger partial charge in [0.2, 0.25) is 0 Å². The highest BCUT2D eigenvalue weighted by molar-refractivity contribution is 5.90. The third-order valence-electron chi connectivity index (χ3n) is 3.44. The lowest BCUT2D eigenvalue weighted by Gasteiger charge is -2.10. The van der Waals surface area contributed by atoms with Gasteiger partial charge in [0.15, 0.2) is 0 Å². The number of methoxy groups -OCH3 is 1. The summed E-state index contributed by atoms with van der Waals surface area (Å²) in [5.74, 6) is -0.315. The summed E-state index contributed by atoms with van der Waals surface area (Å²) in [5.41, 5.74) is 4.88. The number of carbonyl (C=O) groups excluding carboxylic acids is 1. The lowest BCUT2D eigenvalue weighted by molar-refractivity contribution is 0.0600. The first-order chi connectivity index (χ1) is 10.0. The van der Waals surface area contributed by atoms with Crippen molar-refractivity contribution >= 4 is 11.7 Å². The Bertz CT molecular complexity index is 647. The van der Waals surface area contributed by atoms with Crippen LogP contribution in [-0.2, 0) is 24.8 Å². The van der Waals surface area contributed by atoms with Gasteiger partial charge in [-0.2, -0.15) is 5.10 Å². The molecule has 0 radical (unpaired) electrons. The van der Waals surface area contributed by atoms with Crippen LogP contribution in [0, 0.1) is 6.92 Å². The number of hydrogen-bond donors (Lipinski definition) is 1. The lowest BCUT2D eigenvalue weighted by Crippen LogP contribution is -2.05. The summed E-state index contributed by atoms with van der Waals surface area (Å²) in [6, 6.07) is 5.51. The number of hydrogen-bond acceptors (Lipinski definition) is 4. The molecule has 5 nitrogen and oxygen atoms in total. The van der Waals surface area contributed by atoms with Crippen molar-refractivity contribution in [2.45, 2.75) is 26.8 Å². The van der Waals surface area contributed by atoms with Gasteiger partial charge in [0.05, 0.1) is 18.4 Å². The van der Waals surface area contributed by atoms with E-state index in [1.54, 1.807) is 6.07 Å². The van der Waals surface area contributed by atoms with Crippen molar-refractivity contribution < 1.29 is 9.53 Å². The van der Waals surface area contributed by atoms with E-state index in [-0.39, 0.29) is 5.97 Å². The molecule has 1 N–H and O–H groups in total. The molecule has 0 aliphatic carbocycles. The molecular weight excluding hydrogens is 266 g/mol. The topological polar surface area (TPSA) is 56.2 Å². The summed E-state index contributed by atoms with van der Waals surface area (Å²) in [7, 11) is 3.32. The smallest absolute Gasteiger partial charge is 0.337 e. The molecule has 21 heavy (non-hydrogen) atoms. The Morgan fingerprint density at radius 2 is 2.19 bits per heavy atom. The molecule has 0 aliphatic rings. The number of aryl methyl sites for hydroxylation is 3. The summed E-state index contributed by atoms with van der Waals surface area (Å²) in [6.45, 7) is 4.79. The third kappa shape index (κ3) is 3.42. The minimum atomic E-state index is -0.315. The summed E-state index contributed by atoms with van der Waals surface area (Å²) < 4.78 is 6.56. The SMILES string of the molecule is CCc1nn(C)cc1CNc1ccc(C(=O)OC)cc1C.